The van der Waals surface area contributed by atoms with Gasteiger partial charge in [-0.1, -0.05) is 13.8 Å². The van der Waals surface area contributed by atoms with Crippen LogP contribution in [0.15, 0.2) is 12.1 Å². The van der Waals surface area contributed by atoms with E-state index in [-0.39, 0.29) is 11.7 Å². The highest BCUT2D eigenvalue weighted by atomic mass is 19.1. The smallest absolute Gasteiger partial charge is 0.268 e. The van der Waals surface area contributed by atoms with Crippen molar-refractivity contribution in [2.45, 2.75) is 33.7 Å². The second kappa shape index (κ2) is 4.62. The lowest BCUT2D eigenvalue weighted by molar-refractivity contribution is 0.0928. The normalized spacial score (nSPS) is 14.8. The number of rotatable bonds is 2. The minimum Gasteiger partial charge on any atom is -0.349 e. The van der Waals surface area contributed by atoms with E-state index in [0.29, 0.717) is 18.2 Å². The van der Waals surface area contributed by atoms with Crippen molar-refractivity contribution in [3.8, 4) is 0 Å². The molecule has 20 heavy (non-hydrogen) atoms. The molecule has 1 aliphatic heterocycles. The monoisotopic (exact) mass is 274 g/mol. The van der Waals surface area contributed by atoms with Crippen molar-refractivity contribution in [3.05, 3.63) is 34.8 Å². The fourth-order valence-electron chi connectivity index (χ4n) is 3.18. The molecule has 1 amide bonds. The van der Waals surface area contributed by atoms with Gasteiger partial charge in [0.2, 0.25) is 0 Å². The van der Waals surface area contributed by atoms with Crippen LogP contribution in [0.2, 0.25) is 0 Å². The molecule has 4 heteroatoms. The van der Waals surface area contributed by atoms with E-state index < -0.39 is 0 Å². The zero-order valence-electron chi connectivity index (χ0n) is 12.1. The molecule has 1 aliphatic rings. The average Bonchev–Trinajstić information content (AvgIpc) is 2.63. The quantitative estimate of drug-likeness (QED) is 0.897. The zero-order valence-corrected chi connectivity index (χ0v) is 12.1. The lowest BCUT2D eigenvalue weighted by atomic mass is 9.99. The predicted molar refractivity (Wildman–Crippen MR) is 77.5 cm³/mol. The van der Waals surface area contributed by atoms with E-state index in [1.54, 1.807) is 12.1 Å². The summed E-state index contributed by atoms with van der Waals surface area (Å²) in [5, 5.41) is 3.73. The molecule has 0 radical (unpaired) electrons. The van der Waals surface area contributed by atoms with Crippen LogP contribution in [0.4, 0.5) is 4.39 Å². The molecule has 3 rings (SSSR count). The van der Waals surface area contributed by atoms with Crippen molar-refractivity contribution < 1.29 is 9.18 Å². The van der Waals surface area contributed by atoms with E-state index in [1.165, 1.54) is 0 Å². The molecule has 0 unspecified atom stereocenters. The van der Waals surface area contributed by atoms with Crippen molar-refractivity contribution in [2.75, 3.05) is 6.54 Å². The number of hydrogen-bond donors (Lipinski definition) is 1. The summed E-state index contributed by atoms with van der Waals surface area (Å²) >= 11 is 0. The number of nitrogens with one attached hydrogen (secondary N) is 1. The van der Waals surface area contributed by atoms with Crippen LogP contribution in [0.3, 0.4) is 0 Å². The van der Waals surface area contributed by atoms with Gasteiger partial charge in [0.25, 0.3) is 5.91 Å². The average molecular weight is 274 g/mol. The third-order valence-electron chi connectivity index (χ3n) is 3.92. The Kier molecular flexibility index (Phi) is 3.04. The summed E-state index contributed by atoms with van der Waals surface area (Å²) in [7, 11) is 0. The highest BCUT2D eigenvalue weighted by molar-refractivity contribution is 6.03. The van der Waals surface area contributed by atoms with E-state index in [4.69, 9.17) is 0 Å². The van der Waals surface area contributed by atoms with Gasteiger partial charge in [-0.2, -0.15) is 0 Å². The molecule has 1 aromatic carbocycles. The van der Waals surface area contributed by atoms with Crippen molar-refractivity contribution in [2.24, 2.45) is 5.92 Å². The van der Waals surface area contributed by atoms with Gasteiger partial charge in [0.15, 0.2) is 0 Å². The van der Waals surface area contributed by atoms with E-state index in [2.05, 4.69) is 23.7 Å². The fraction of sp³-hybridized carbons (Fsp3) is 0.438. The maximum Gasteiger partial charge on any atom is 0.268 e. The van der Waals surface area contributed by atoms with Gasteiger partial charge in [-0.05, 0) is 42.5 Å². The molecule has 0 bridgehead atoms. The minimum absolute atomic E-state index is 0.0548. The molecule has 0 saturated carbocycles. The van der Waals surface area contributed by atoms with Gasteiger partial charge in [0.05, 0.1) is 5.52 Å². The SMILES string of the molecule is Cc1c2n(c3c(CC(C)C)cc(F)cc13)CCNC2=O. The van der Waals surface area contributed by atoms with Gasteiger partial charge in [-0.15, -0.1) is 0 Å². The Labute approximate surface area is 117 Å². The van der Waals surface area contributed by atoms with Crippen LogP contribution >= 0.6 is 0 Å². The number of carbonyl (C=O) groups is 1. The van der Waals surface area contributed by atoms with Crippen LogP contribution in [0, 0.1) is 18.7 Å². The van der Waals surface area contributed by atoms with Crippen LogP contribution in [0.5, 0.6) is 0 Å². The number of amides is 1. The Morgan fingerprint density at radius 3 is 2.85 bits per heavy atom. The Bertz CT molecular complexity index is 700. The van der Waals surface area contributed by atoms with Gasteiger partial charge in [0, 0.05) is 18.5 Å². The lowest BCUT2D eigenvalue weighted by Crippen LogP contribution is -2.35. The summed E-state index contributed by atoms with van der Waals surface area (Å²) in [6, 6.07) is 3.16. The summed E-state index contributed by atoms with van der Waals surface area (Å²) in [6.45, 7) is 7.53. The summed E-state index contributed by atoms with van der Waals surface area (Å²) in [5.41, 5.74) is 3.59. The molecule has 1 N–H and O–H groups in total. The minimum atomic E-state index is -0.223. The fourth-order valence-corrected chi connectivity index (χ4v) is 3.18. The van der Waals surface area contributed by atoms with Crippen LogP contribution in [0.1, 0.15) is 35.5 Å². The number of aromatic nitrogens is 1. The third-order valence-corrected chi connectivity index (χ3v) is 3.92. The lowest BCUT2D eigenvalue weighted by Gasteiger charge is -2.18. The van der Waals surface area contributed by atoms with Gasteiger partial charge >= 0.3 is 0 Å². The number of halogens is 1. The number of aryl methyl sites for hydroxylation is 1. The Balaban J connectivity index is 2.35. The van der Waals surface area contributed by atoms with Crippen molar-refractivity contribution in [3.63, 3.8) is 0 Å². The van der Waals surface area contributed by atoms with E-state index in [1.807, 2.05) is 6.92 Å². The first kappa shape index (κ1) is 13.2. The Hall–Kier alpha value is -1.84. The molecular formula is C16H19FN2O. The standard InChI is InChI=1S/C16H19FN2O/c1-9(2)6-11-7-12(17)8-13-10(3)14-16(20)18-4-5-19(14)15(11)13/h7-9H,4-6H2,1-3H3,(H,18,20). The topological polar surface area (TPSA) is 34.0 Å². The van der Waals surface area contributed by atoms with E-state index in [0.717, 1.165) is 35.0 Å². The number of nitrogens with zero attached hydrogens (tertiary/aromatic N) is 1. The molecule has 2 aromatic rings. The van der Waals surface area contributed by atoms with Crippen molar-refractivity contribution in [1.82, 2.24) is 9.88 Å². The van der Waals surface area contributed by atoms with Crippen molar-refractivity contribution >= 4 is 16.8 Å². The molecule has 1 aromatic heterocycles. The first-order valence-electron chi connectivity index (χ1n) is 7.08. The number of hydrogen-bond acceptors (Lipinski definition) is 1. The molecule has 2 heterocycles. The molecule has 106 valence electrons. The first-order chi connectivity index (χ1) is 9.49. The second-order valence-corrected chi connectivity index (χ2v) is 5.94. The van der Waals surface area contributed by atoms with Crippen molar-refractivity contribution in [1.29, 1.82) is 0 Å². The molecule has 0 aliphatic carbocycles. The zero-order chi connectivity index (χ0) is 14.4. The van der Waals surface area contributed by atoms with E-state index >= 15 is 0 Å². The number of benzene rings is 1. The summed E-state index contributed by atoms with van der Waals surface area (Å²) in [6.07, 6.45) is 0.818. The second-order valence-electron chi connectivity index (χ2n) is 5.94. The highest BCUT2D eigenvalue weighted by Crippen LogP contribution is 2.31. The molecule has 0 saturated heterocycles. The number of fused-ring (bicyclic) bond motifs is 3. The van der Waals surface area contributed by atoms with Gasteiger partial charge in [0.1, 0.15) is 11.5 Å². The Morgan fingerprint density at radius 2 is 2.15 bits per heavy atom. The summed E-state index contributed by atoms with van der Waals surface area (Å²) < 4.78 is 15.9. The molecule has 0 spiro atoms. The van der Waals surface area contributed by atoms with Gasteiger partial charge < -0.3 is 9.88 Å². The summed E-state index contributed by atoms with van der Waals surface area (Å²) in [4.78, 5) is 12.1. The highest BCUT2D eigenvalue weighted by Gasteiger charge is 2.25. The number of carbonyl (C=O) groups excluding carboxylic acids is 1. The van der Waals surface area contributed by atoms with Crippen LogP contribution in [-0.4, -0.2) is 17.0 Å². The van der Waals surface area contributed by atoms with Crippen LogP contribution in [0.25, 0.3) is 10.9 Å². The third kappa shape index (κ3) is 1.90. The van der Waals surface area contributed by atoms with Crippen LogP contribution in [-0.2, 0) is 13.0 Å². The molecule has 0 fully saturated rings. The van der Waals surface area contributed by atoms with Crippen LogP contribution < -0.4 is 5.32 Å². The maximum atomic E-state index is 13.9. The Morgan fingerprint density at radius 1 is 1.40 bits per heavy atom. The van der Waals surface area contributed by atoms with E-state index in [9.17, 15) is 9.18 Å². The van der Waals surface area contributed by atoms with Gasteiger partial charge in [-0.25, -0.2) is 4.39 Å². The maximum absolute atomic E-state index is 13.9. The molecule has 3 nitrogen and oxygen atoms in total. The predicted octanol–water partition coefficient (Wildman–Crippen LogP) is 3.03. The largest absolute Gasteiger partial charge is 0.349 e. The molecular weight excluding hydrogens is 255 g/mol. The van der Waals surface area contributed by atoms with Gasteiger partial charge in [-0.3, -0.25) is 4.79 Å². The first-order valence-corrected chi connectivity index (χ1v) is 7.08. The summed E-state index contributed by atoms with van der Waals surface area (Å²) in [5.74, 6) is 0.171. The molecule has 0 atom stereocenters.